The van der Waals surface area contributed by atoms with E-state index < -0.39 is 17.7 Å². The molecule has 0 saturated heterocycles. The van der Waals surface area contributed by atoms with Crippen molar-refractivity contribution in [2.45, 2.75) is 25.8 Å². The second-order valence-corrected chi connectivity index (χ2v) is 6.63. The lowest BCUT2D eigenvalue weighted by atomic mass is 9.99. The Hall–Kier alpha value is -3.78. The van der Waals surface area contributed by atoms with Crippen molar-refractivity contribution in [3.8, 4) is 0 Å². The van der Waals surface area contributed by atoms with Crippen LogP contribution in [0.4, 0.5) is 0 Å². The first kappa shape index (κ1) is 21.9. The molecule has 0 aliphatic heterocycles. The largest absolute Gasteiger partial charge is 0.463 e. The summed E-state index contributed by atoms with van der Waals surface area (Å²) in [5, 5.41) is 18.0. The van der Waals surface area contributed by atoms with Gasteiger partial charge in [-0.25, -0.2) is 4.79 Å². The maximum Gasteiger partial charge on any atom is 0.373 e. The van der Waals surface area contributed by atoms with Crippen LogP contribution in [0.1, 0.15) is 39.9 Å². The summed E-state index contributed by atoms with van der Waals surface area (Å²) in [6.45, 7) is 1.33. The van der Waals surface area contributed by atoms with E-state index in [4.69, 9.17) is 13.9 Å². The number of azo groups is 1. The second-order valence-electron chi connectivity index (χ2n) is 6.63. The zero-order valence-electron chi connectivity index (χ0n) is 17.1. The average Bonchev–Trinajstić information content (AvgIpc) is 3.29. The van der Waals surface area contributed by atoms with Gasteiger partial charge in [-0.15, -0.1) is 5.11 Å². The standard InChI is InChI=1S/C23H22N2O6/c1-16(27)31-23(19-10-8-18(15-26)9-11-19,21-13-12-20(30-21)22(28)29-2)25-24-14-17-6-4-3-5-7-17/h3-13,26H,14-15H2,1-2H3. The summed E-state index contributed by atoms with van der Waals surface area (Å²) in [7, 11) is 1.23. The van der Waals surface area contributed by atoms with Crippen molar-refractivity contribution in [2.75, 3.05) is 7.11 Å². The number of hydrogen-bond donors (Lipinski definition) is 1. The number of ether oxygens (including phenoxy) is 2. The third-order valence-electron chi connectivity index (χ3n) is 4.45. The Morgan fingerprint density at radius 1 is 1.00 bits per heavy atom. The number of hydrogen-bond acceptors (Lipinski definition) is 8. The molecule has 1 atom stereocenters. The molecule has 0 bridgehead atoms. The zero-order valence-corrected chi connectivity index (χ0v) is 17.1. The second kappa shape index (κ2) is 9.82. The molecule has 3 aromatic rings. The molecule has 2 aromatic carbocycles. The molecule has 8 nitrogen and oxygen atoms in total. The van der Waals surface area contributed by atoms with Crippen LogP contribution in [0.2, 0.25) is 0 Å². The molecule has 31 heavy (non-hydrogen) atoms. The number of furan rings is 1. The molecule has 0 amide bonds. The fraction of sp³-hybridized carbons (Fsp3) is 0.217. The highest BCUT2D eigenvalue weighted by molar-refractivity contribution is 5.86. The van der Waals surface area contributed by atoms with Crippen LogP contribution in [0.3, 0.4) is 0 Å². The molecule has 1 unspecified atom stereocenters. The van der Waals surface area contributed by atoms with Crippen LogP contribution in [0, 0.1) is 0 Å². The van der Waals surface area contributed by atoms with E-state index in [1.165, 1.54) is 26.2 Å². The van der Waals surface area contributed by atoms with E-state index in [0.29, 0.717) is 11.1 Å². The first-order valence-electron chi connectivity index (χ1n) is 9.49. The van der Waals surface area contributed by atoms with E-state index in [9.17, 15) is 14.7 Å². The Morgan fingerprint density at radius 3 is 2.32 bits per heavy atom. The van der Waals surface area contributed by atoms with Gasteiger partial charge in [-0.2, -0.15) is 5.11 Å². The summed E-state index contributed by atoms with van der Waals surface area (Å²) >= 11 is 0. The maximum absolute atomic E-state index is 12.1. The van der Waals surface area contributed by atoms with Crippen molar-refractivity contribution in [1.82, 2.24) is 0 Å². The Kier molecular flexibility index (Phi) is 6.94. The number of benzene rings is 2. The van der Waals surface area contributed by atoms with Crippen LogP contribution < -0.4 is 0 Å². The third-order valence-corrected chi connectivity index (χ3v) is 4.45. The van der Waals surface area contributed by atoms with Gasteiger partial charge in [-0.1, -0.05) is 54.6 Å². The van der Waals surface area contributed by atoms with E-state index in [2.05, 4.69) is 10.2 Å². The molecule has 0 spiro atoms. The SMILES string of the molecule is COC(=O)c1ccc(C(N=NCc2ccccc2)(OC(C)=O)c2ccc(CO)cc2)o1. The molecule has 3 rings (SSSR count). The van der Waals surface area contributed by atoms with E-state index in [-0.39, 0.29) is 24.7 Å². The van der Waals surface area contributed by atoms with Gasteiger partial charge in [-0.3, -0.25) is 4.79 Å². The summed E-state index contributed by atoms with van der Waals surface area (Å²) in [5.74, 6) is -1.29. The monoisotopic (exact) mass is 422 g/mol. The molecule has 1 heterocycles. The predicted octanol–water partition coefficient (Wildman–Crippen LogP) is 3.98. The average molecular weight is 422 g/mol. The smallest absolute Gasteiger partial charge is 0.373 e. The number of methoxy groups -OCH3 is 1. The number of carbonyl (C=O) groups excluding carboxylic acids is 2. The van der Waals surface area contributed by atoms with Gasteiger partial charge in [0, 0.05) is 12.5 Å². The van der Waals surface area contributed by atoms with E-state index in [1.54, 1.807) is 24.3 Å². The van der Waals surface area contributed by atoms with Crippen molar-refractivity contribution in [1.29, 1.82) is 0 Å². The highest BCUT2D eigenvalue weighted by atomic mass is 16.6. The van der Waals surface area contributed by atoms with Crippen molar-refractivity contribution in [3.63, 3.8) is 0 Å². The van der Waals surface area contributed by atoms with Crippen LogP contribution >= 0.6 is 0 Å². The lowest BCUT2D eigenvalue weighted by Gasteiger charge is -2.26. The maximum atomic E-state index is 12.1. The minimum absolute atomic E-state index is 0.0701. The van der Waals surface area contributed by atoms with Crippen molar-refractivity contribution >= 4 is 11.9 Å². The summed E-state index contributed by atoms with van der Waals surface area (Å²) in [6, 6.07) is 19.0. The van der Waals surface area contributed by atoms with Crippen LogP contribution in [0.15, 0.2) is 81.4 Å². The van der Waals surface area contributed by atoms with Gasteiger partial charge in [-0.05, 0) is 23.3 Å². The molecule has 0 fully saturated rings. The fourth-order valence-corrected chi connectivity index (χ4v) is 2.95. The summed E-state index contributed by atoms with van der Waals surface area (Å²) in [6.07, 6.45) is 0. The Balaban J connectivity index is 2.11. The zero-order chi connectivity index (χ0) is 22.3. The molecule has 160 valence electrons. The summed E-state index contributed by atoms with van der Waals surface area (Å²) in [4.78, 5) is 24.0. The Morgan fingerprint density at radius 2 is 1.71 bits per heavy atom. The van der Waals surface area contributed by atoms with Gasteiger partial charge in [0.05, 0.1) is 20.3 Å². The van der Waals surface area contributed by atoms with Crippen LogP contribution in [-0.2, 0) is 33.1 Å². The lowest BCUT2D eigenvalue weighted by Crippen LogP contribution is -2.30. The van der Waals surface area contributed by atoms with Gasteiger partial charge in [0.25, 0.3) is 0 Å². The van der Waals surface area contributed by atoms with Crippen LogP contribution in [-0.4, -0.2) is 24.2 Å². The summed E-state index contributed by atoms with van der Waals surface area (Å²) in [5.41, 5.74) is 0.244. The number of rotatable bonds is 8. The van der Waals surface area contributed by atoms with Crippen LogP contribution in [0.25, 0.3) is 0 Å². The fourth-order valence-electron chi connectivity index (χ4n) is 2.95. The number of aliphatic hydroxyl groups is 1. The van der Waals surface area contributed by atoms with E-state index in [0.717, 1.165) is 5.56 Å². The molecule has 0 aliphatic rings. The minimum atomic E-state index is -1.76. The Labute approximate surface area is 179 Å². The van der Waals surface area contributed by atoms with Gasteiger partial charge < -0.3 is 19.0 Å². The Bertz CT molecular complexity index is 1060. The van der Waals surface area contributed by atoms with Crippen molar-refractivity contribution < 1.29 is 28.6 Å². The number of nitrogens with zero attached hydrogens (tertiary/aromatic N) is 2. The topological polar surface area (TPSA) is 111 Å². The molecular formula is C23H22N2O6. The van der Waals surface area contributed by atoms with Crippen LogP contribution in [0.5, 0.6) is 0 Å². The molecule has 0 saturated carbocycles. The van der Waals surface area contributed by atoms with E-state index >= 15 is 0 Å². The molecule has 1 aromatic heterocycles. The number of carbonyl (C=O) groups is 2. The molecule has 0 aliphatic carbocycles. The highest BCUT2D eigenvalue weighted by Gasteiger charge is 2.42. The molecular weight excluding hydrogens is 400 g/mol. The van der Waals surface area contributed by atoms with Gasteiger partial charge in [0.1, 0.15) is 0 Å². The lowest BCUT2D eigenvalue weighted by molar-refractivity contribution is -0.155. The first-order chi connectivity index (χ1) is 15.0. The van der Waals surface area contributed by atoms with Gasteiger partial charge in [0.15, 0.2) is 5.76 Å². The van der Waals surface area contributed by atoms with Gasteiger partial charge >= 0.3 is 17.7 Å². The minimum Gasteiger partial charge on any atom is -0.463 e. The quantitative estimate of drug-likeness (QED) is 0.434. The normalized spacial score (nSPS) is 13.0. The van der Waals surface area contributed by atoms with Gasteiger partial charge in [0.2, 0.25) is 5.76 Å². The number of aliphatic hydroxyl groups excluding tert-OH is 1. The highest BCUT2D eigenvalue weighted by Crippen LogP contribution is 2.37. The van der Waals surface area contributed by atoms with Crippen molar-refractivity contribution in [3.05, 3.63) is 94.9 Å². The first-order valence-corrected chi connectivity index (χ1v) is 9.49. The third kappa shape index (κ3) is 5.04. The summed E-state index contributed by atoms with van der Waals surface area (Å²) < 4.78 is 16.0. The predicted molar refractivity (Wildman–Crippen MR) is 110 cm³/mol. The molecule has 1 N–H and O–H groups in total. The molecule has 8 heteroatoms. The molecule has 0 radical (unpaired) electrons. The van der Waals surface area contributed by atoms with E-state index in [1.807, 2.05) is 30.3 Å². The van der Waals surface area contributed by atoms with Crippen molar-refractivity contribution in [2.24, 2.45) is 10.2 Å². The number of esters is 2.